The number of hydrogen-bond donors (Lipinski definition) is 2. The van der Waals surface area contributed by atoms with E-state index in [0.717, 1.165) is 28.8 Å². The lowest BCUT2D eigenvalue weighted by Crippen LogP contribution is -2.26. The van der Waals surface area contributed by atoms with Gasteiger partial charge in [0.15, 0.2) is 6.61 Å². The minimum atomic E-state index is -0.289. The number of hydrogen-bond acceptors (Lipinski definition) is 5. The number of benzene rings is 1. The van der Waals surface area contributed by atoms with Crippen LogP contribution in [0.5, 0.6) is 5.75 Å². The van der Waals surface area contributed by atoms with E-state index in [1.807, 2.05) is 38.1 Å². The molecule has 2 aromatic heterocycles. The number of aromatic nitrogens is 1. The maximum Gasteiger partial charge on any atom is 0.262 e. The minimum absolute atomic E-state index is 0.106. The van der Waals surface area contributed by atoms with Crippen molar-refractivity contribution in [3.8, 4) is 5.75 Å². The Labute approximate surface area is 185 Å². The third-order valence-electron chi connectivity index (χ3n) is 5.48. The number of thiophene rings is 1. The summed E-state index contributed by atoms with van der Waals surface area (Å²) in [6.07, 6.45) is 6.74. The molecule has 0 spiro atoms. The van der Waals surface area contributed by atoms with Crippen molar-refractivity contribution < 1.29 is 14.3 Å². The van der Waals surface area contributed by atoms with Gasteiger partial charge in [0.1, 0.15) is 10.8 Å². The van der Waals surface area contributed by atoms with E-state index in [1.54, 1.807) is 12.4 Å². The normalized spacial score (nSPS) is 12.3. The molecule has 3 aromatic rings. The molecule has 31 heavy (non-hydrogen) atoms. The van der Waals surface area contributed by atoms with Crippen molar-refractivity contribution in [1.29, 1.82) is 0 Å². The first-order valence-electron chi connectivity index (χ1n) is 10.3. The highest BCUT2D eigenvalue weighted by Gasteiger charge is 2.21. The van der Waals surface area contributed by atoms with Gasteiger partial charge in [-0.2, -0.15) is 0 Å². The van der Waals surface area contributed by atoms with Gasteiger partial charge in [-0.15, -0.1) is 11.3 Å². The standard InChI is InChI=1S/C24H25N3O3S/c1-15-16(2)31-24(22(15)23(29)26-13-17-5-4-10-25-12-17)27-21(28)14-30-20-9-8-18-6-3-7-19(18)11-20/h4-5,8-12H,3,6-7,13-14H2,1-2H3,(H,26,29)(H,27,28). The van der Waals surface area contributed by atoms with Gasteiger partial charge in [0.05, 0.1) is 5.56 Å². The molecule has 0 bridgehead atoms. The molecule has 1 aromatic carbocycles. The summed E-state index contributed by atoms with van der Waals surface area (Å²) in [6.45, 7) is 4.09. The smallest absolute Gasteiger partial charge is 0.262 e. The van der Waals surface area contributed by atoms with E-state index >= 15 is 0 Å². The van der Waals surface area contributed by atoms with Gasteiger partial charge >= 0.3 is 0 Å². The Balaban J connectivity index is 1.39. The van der Waals surface area contributed by atoms with Crippen LogP contribution in [0.3, 0.4) is 0 Å². The van der Waals surface area contributed by atoms with Gasteiger partial charge in [-0.1, -0.05) is 12.1 Å². The number of rotatable bonds is 7. The second-order valence-electron chi connectivity index (χ2n) is 7.65. The summed E-state index contributed by atoms with van der Waals surface area (Å²) < 4.78 is 5.69. The van der Waals surface area contributed by atoms with E-state index in [9.17, 15) is 9.59 Å². The van der Waals surface area contributed by atoms with Gasteiger partial charge in [0.2, 0.25) is 0 Å². The van der Waals surface area contributed by atoms with Gasteiger partial charge in [0.25, 0.3) is 11.8 Å². The van der Waals surface area contributed by atoms with E-state index in [1.165, 1.54) is 28.9 Å². The van der Waals surface area contributed by atoms with E-state index in [4.69, 9.17) is 4.74 Å². The maximum absolute atomic E-state index is 12.8. The zero-order valence-electron chi connectivity index (χ0n) is 17.7. The van der Waals surface area contributed by atoms with Crippen LogP contribution >= 0.6 is 11.3 Å². The predicted octanol–water partition coefficient (Wildman–Crippen LogP) is 4.20. The number of nitrogens with one attached hydrogen (secondary N) is 2. The summed E-state index contributed by atoms with van der Waals surface area (Å²) in [5, 5.41) is 6.31. The molecule has 1 aliphatic carbocycles. The number of pyridine rings is 1. The van der Waals surface area contributed by atoms with E-state index < -0.39 is 0 Å². The molecule has 0 saturated carbocycles. The number of anilines is 1. The molecule has 4 rings (SSSR count). The van der Waals surface area contributed by atoms with Crippen molar-refractivity contribution >= 4 is 28.2 Å². The molecule has 1 aliphatic rings. The van der Waals surface area contributed by atoms with Crippen LogP contribution in [0.15, 0.2) is 42.7 Å². The minimum Gasteiger partial charge on any atom is -0.484 e. The van der Waals surface area contributed by atoms with Crippen LogP contribution in [0.4, 0.5) is 5.00 Å². The van der Waals surface area contributed by atoms with Crippen molar-refractivity contribution in [2.75, 3.05) is 11.9 Å². The SMILES string of the molecule is Cc1sc(NC(=O)COc2ccc3c(c2)CCC3)c(C(=O)NCc2cccnc2)c1C. The summed E-state index contributed by atoms with van der Waals surface area (Å²) in [6, 6.07) is 9.74. The van der Waals surface area contributed by atoms with E-state index in [0.29, 0.717) is 22.9 Å². The molecule has 0 unspecified atom stereocenters. The molecular weight excluding hydrogens is 410 g/mol. The maximum atomic E-state index is 12.8. The van der Waals surface area contributed by atoms with Gasteiger partial charge < -0.3 is 15.4 Å². The summed E-state index contributed by atoms with van der Waals surface area (Å²) in [4.78, 5) is 30.4. The molecule has 6 nitrogen and oxygen atoms in total. The second-order valence-corrected chi connectivity index (χ2v) is 8.88. The highest BCUT2D eigenvalue weighted by Crippen LogP contribution is 2.32. The first kappa shape index (κ1) is 21.1. The van der Waals surface area contributed by atoms with Crippen molar-refractivity contribution in [3.63, 3.8) is 0 Å². The highest BCUT2D eigenvalue weighted by atomic mass is 32.1. The Morgan fingerprint density at radius 3 is 2.81 bits per heavy atom. The van der Waals surface area contributed by atoms with Crippen LogP contribution in [0, 0.1) is 13.8 Å². The lowest BCUT2D eigenvalue weighted by Gasteiger charge is -2.10. The number of amides is 2. The first-order valence-corrected chi connectivity index (χ1v) is 11.1. The Hall–Kier alpha value is -3.19. The number of ether oxygens (including phenoxy) is 1. The molecule has 2 amide bonds. The first-order chi connectivity index (χ1) is 15.0. The molecule has 0 saturated heterocycles. The largest absolute Gasteiger partial charge is 0.484 e. The Kier molecular flexibility index (Phi) is 6.32. The Morgan fingerprint density at radius 2 is 2.00 bits per heavy atom. The zero-order chi connectivity index (χ0) is 21.8. The van der Waals surface area contributed by atoms with Crippen LogP contribution in [-0.2, 0) is 24.2 Å². The van der Waals surface area contributed by atoms with Crippen molar-refractivity contribution in [3.05, 3.63) is 75.4 Å². The second kappa shape index (κ2) is 9.31. The summed E-state index contributed by atoms with van der Waals surface area (Å²) in [5.74, 6) is 0.187. The van der Waals surface area contributed by atoms with E-state index in [-0.39, 0.29) is 18.4 Å². The molecule has 7 heteroatoms. The highest BCUT2D eigenvalue weighted by molar-refractivity contribution is 7.16. The van der Waals surface area contributed by atoms with E-state index in [2.05, 4.69) is 21.7 Å². The van der Waals surface area contributed by atoms with Crippen LogP contribution in [0.1, 0.15) is 43.9 Å². The zero-order valence-corrected chi connectivity index (χ0v) is 18.5. The fraction of sp³-hybridized carbons (Fsp3) is 0.292. The van der Waals surface area contributed by atoms with Crippen LogP contribution < -0.4 is 15.4 Å². The number of aryl methyl sites for hydroxylation is 3. The number of carbonyl (C=O) groups excluding carboxylic acids is 2. The molecular formula is C24H25N3O3S. The molecule has 0 atom stereocenters. The average molecular weight is 436 g/mol. The van der Waals surface area contributed by atoms with Crippen molar-refractivity contribution in [2.45, 2.75) is 39.7 Å². The van der Waals surface area contributed by atoms with Crippen molar-refractivity contribution in [1.82, 2.24) is 10.3 Å². The number of carbonyl (C=O) groups is 2. The quantitative estimate of drug-likeness (QED) is 0.583. The lowest BCUT2D eigenvalue weighted by atomic mass is 10.1. The van der Waals surface area contributed by atoms with Crippen LogP contribution in [0.2, 0.25) is 0 Å². The fourth-order valence-electron chi connectivity index (χ4n) is 3.71. The summed E-state index contributed by atoms with van der Waals surface area (Å²) >= 11 is 1.40. The number of nitrogens with zero attached hydrogens (tertiary/aromatic N) is 1. The molecule has 0 fully saturated rings. The van der Waals surface area contributed by atoms with Gasteiger partial charge in [0, 0.05) is 23.8 Å². The van der Waals surface area contributed by atoms with Crippen LogP contribution in [-0.4, -0.2) is 23.4 Å². The third kappa shape index (κ3) is 4.94. The predicted molar refractivity (Wildman–Crippen MR) is 122 cm³/mol. The third-order valence-corrected chi connectivity index (χ3v) is 6.60. The molecule has 2 N–H and O–H groups in total. The van der Waals surface area contributed by atoms with Gasteiger partial charge in [-0.3, -0.25) is 14.6 Å². The summed E-state index contributed by atoms with van der Waals surface area (Å²) in [5.41, 5.74) is 4.94. The van der Waals surface area contributed by atoms with Gasteiger partial charge in [-0.05, 0) is 73.6 Å². The van der Waals surface area contributed by atoms with Crippen LogP contribution in [0.25, 0.3) is 0 Å². The average Bonchev–Trinajstić information content (AvgIpc) is 3.35. The Bertz CT molecular complexity index is 1110. The summed E-state index contributed by atoms with van der Waals surface area (Å²) in [7, 11) is 0. The topological polar surface area (TPSA) is 80.3 Å². The fourth-order valence-corrected chi connectivity index (χ4v) is 4.79. The molecule has 0 aliphatic heterocycles. The molecule has 0 radical (unpaired) electrons. The molecule has 160 valence electrons. The lowest BCUT2D eigenvalue weighted by molar-refractivity contribution is -0.118. The van der Waals surface area contributed by atoms with Gasteiger partial charge in [-0.25, -0.2) is 0 Å². The molecule has 2 heterocycles. The monoisotopic (exact) mass is 435 g/mol. The number of fused-ring (bicyclic) bond motifs is 1. The Morgan fingerprint density at radius 1 is 1.16 bits per heavy atom. The van der Waals surface area contributed by atoms with Crippen molar-refractivity contribution in [2.24, 2.45) is 0 Å².